The van der Waals surface area contributed by atoms with Crippen LogP contribution in [0.15, 0.2) is 48.5 Å². The van der Waals surface area contributed by atoms with Crippen molar-refractivity contribution in [2.45, 2.75) is 13.0 Å². The molecule has 0 heterocycles. The second-order valence-corrected chi connectivity index (χ2v) is 5.75. The first-order valence-corrected chi connectivity index (χ1v) is 8.53. The van der Waals surface area contributed by atoms with E-state index in [4.69, 9.17) is 14.2 Å². The first-order chi connectivity index (χ1) is 13.0. The molecule has 2 rings (SSSR count). The average Bonchev–Trinajstić information content (AvgIpc) is 2.71. The molecule has 27 heavy (non-hydrogen) atoms. The molecule has 7 nitrogen and oxygen atoms in total. The fourth-order valence-electron chi connectivity index (χ4n) is 2.32. The van der Waals surface area contributed by atoms with Crippen LogP contribution in [0.1, 0.15) is 18.5 Å². The van der Waals surface area contributed by atoms with Gasteiger partial charge in [-0.05, 0) is 48.9 Å². The second kappa shape index (κ2) is 10.1. The number of carbonyl (C=O) groups is 2. The van der Waals surface area contributed by atoms with E-state index < -0.39 is 11.8 Å². The third kappa shape index (κ3) is 6.22. The van der Waals surface area contributed by atoms with Crippen LogP contribution in [0.2, 0.25) is 0 Å². The maximum absolute atomic E-state index is 12.0. The Hall–Kier alpha value is -3.22. The van der Waals surface area contributed by atoms with E-state index in [1.807, 2.05) is 12.1 Å². The summed E-state index contributed by atoms with van der Waals surface area (Å²) in [6, 6.07) is 14.1. The molecule has 0 aliphatic rings. The van der Waals surface area contributed by atoms with Crippen molar-refractivity contribution in [1.29, 1.82) is 0 Å². The molecule has 2 N–H and O–H groups in total. The van der Waals surface area contributed by atoms with Gasteiger partial charge in [0.2, 0.25) is 0 Å². The SMILES string of the molecule is COc1ccc(OCCNC(=O)C(=O)NC(C)c2ccc(OC)cc2)cc1. The molecular weight excluding hydrogens is 348 g/mol. The zero-order valence-electron chi connectivity index (χ0n) is 15.7. The Morgan fingerprint density at radius 1 is 0.852 bits per heavy atom. The fraction of sp³-hybridized carbons (Fsp3) is 0.300. The van der Waals surface area contributed by atoms with Crippen molar-refractivity contribution in [3.8, 4) is 17.2 Å². The molecule has 2 aromatic rings. The Labute approximate surface area is 158 Å². The Morgan fingerprint density at radius 3 is 1.93 bits per heavy atom. The van der Waals surface area contributed by atoms with Gasteiger partial charge in [-0.25, -0.2) is 0 Å². The van der Waals surface area contributed by atoms with Crippen LogP contribution in [-0.4, -0.2) is 39.2 Å². The standard InChI is InChI=1S/C20H24N2O5/c1-14(15-4-6-16(25-2)7-5-15)22-20(24)19(23)21-12-13-27-18-10-8-17(26-3)9-11-18/h4-11,14H,12-13H2,1-3H3,(H,21,23)(H,22,24). The van der Waals surface area contributed by atoms with Crippen LogP contribution < -0.4 is 24.8 Å². The molecule has 2 amide bonds. The minimum Gasteiger partial charge on any atom is -0.497 e. The van der Waals surface area contributed by atoms with Crippen molar-refractivity contribution < 1.29 is 23.8 Å². The predicted molar refractivity (Wildman–Crippen MR) is 101 cm³/mol. The third-order valence-corrected chi connectivity index (χ3v) is 3.89. The van der Waals surface area contributed by atoms with E-state index in [1.54, 1.807) is 57.5 Å². The minimum absolute atomic E-state index is 0.217. The summed E-state index contributed by atoms with van der Waals surface area (Å²) < 4.78 is 15.7. The fourth-order valence-corrected chi connectivity index (χ4v) is 2.32. The van der Waals surface area contributed by atoms with Crippen LogP contribution in [-0.2, 0) is 9.59 Å². The summed E-state index contributed by atoms with van der Waals surface area (Å²) in [5.41, 5.74) is 0.875. The van der Waals surface area contributed by atoms with Crippen molar-refractivity contribution in [3.63, 3.8) is 0 Å². The molecule has 0 radical (unpaired) electrons. The van der Waals surface area contributed by atoms with Gasteiger partial charge >= 0.3 is 11.8 Å². The summed E-state index contributed by atoms with van der Waals surface area (Å²) in [6.45, 7) is 2.27. The molecule has 7 heteroatoms. The van der Waals surface area contributed by atoms with Gasteiger partial charge in [0.25, 0.3) is 0 Å². The lowest BCUT2D eigenvalue weighted by molar-refractivity contribution is -0.139. The van der Waals surface area contributed by atoms with Crippen molar-refractivity contribution in [1.82, 2.24) is 10.6 Å². The first kappa shape index (κ1) is 20.1. The summed E-state index contributed by atoms with van der Waals surface area (Å²) >= 11 is 0. The van der Waals surface area contributed by atoms with Crippen molar-refractivity contribution in [3.05, 3.63) is 54.1 Å². The van der Waals surface area contributed by atoms with Crippen LogP contribution in [0, 0.1) is 0 Å². The largest absolute Gasteiger partial charge is 0.497 e. The van der Waals surface area contributed by atoms with Gasteiger partial charge < -0.3 is 24.8 Å². The van der Waals surface area contributed by atoms with Crippen molar-refractivity contribution in [2.75, 3.05) is 27.4 Å². The molecule has 1 unspecified atom stereocenters. The van der Waals surface area contributed by atoms with E-state index in [1.165, 1.54) is 0 Å². The summed E-state index contributed by atoms with van der Waals surface area (Å²) in [6.07, 6.45) is 0. The maximum atomic E-state index is 12.0. The molecule has 0 aliphatic heterocycles. The molecule has 0 bridgehead atoms. The second-order valence-electron chi connectivity index (χ2n) is 5.75. The molecule has 1 atom stereocenters. The number of ether oxygens (including phenoxy) is 3. The van der Waals surface area contributed by atoms with E-state index in [2.05, 4.69) is 10.6 Å². The lowest BCUT2D eigenvalue weighted by atomic mass is 10.1. The summed E-state index contributed by atoms with van der Waals surface area (Å²) in [5.74, 6) is 0.726. The average molecular weight is 372 g/mol. The third-order valence-electron chi connectivity index (χ3n) is 3.89. The molecule has 0 aromatic heterocycles. The van der Waals surface area contributed by atoms with E-state index >= 15 is 0 Å². The van der Waals surface area contributed by atoms with E-state index in [-0.39, 0.29) is 19.2 Å². The van der Waals surface area contributed by atoms with Gasteiger partial charge in [0.15, 0.2) is 0 Å². The number of methoxy groups -OCH3 is 2. The van der Waals surface area contributed by atoms with Gasteiger partial charge in [-0.3, -0.25) is 9.59 Å². The summed E-state index contributed by atoms with van der Waals surface area (Å²) in [7, 11) is 3.18. The van der Waals surface area contributed by atoms with E-state index in [0.717, 1.165) is 17.1 Å². The topological polar surface area (TPSA) is 85.9 Å². The Kier molecular flexibility index (Phi) is 7.49. The molecule has 144 valence electrons. The normalized spacial score (nSPS) is 11.2. The van der Waals surface area contributed by atoms with Crippen molar-refractivity contribution in [2.24, 2.45) is 0 Å². The Morgan fingerprint density at radius 2 is 1.37 bits per heavy atom. The van der Waals surface area contributed by atoms with Gasteiger partial charge in [-0.2, -0.15) is 0 Å². The number of benzene rings is 2. The van der Waals surface area contributed by atoms with Crippen LogP contribution in [0.25, 0.3) is 0 Å². The molecular formula is C20H24N2O5. The van der Waals surface area contributed by atoms with Crippen molar-refractivity contribution >= 4 is 11.8 Å². The quantitative estimate of drug-likeness (QED) is 0.547. The lowest BCUT2D eigenvalue weighted by Gasteiger charge is -2.14. The highest BCUT2D eigenvalue weighted by atomic mass is 16.5. The van der Waals surface area contributed by atoms with E-state index in [0.29, 0.717) is 5.75 Å². The molecule has 0 saturated carbocycles. The Balaban J connectivity index is 1.71. The highest BCUT2D eigenvalue weighted by molar-refractivity contribution is 6.35. The number of nitrogens with one attached hydrogen (secondary N) is 2. The van der Waals surface area contributed by atoms with E-state index in [9.17, 15) is 9.59 Å². The van der Waals surface area contributed by atoms with Crippen LogP contribution in [0.5, 0.6) is 17.2 Å². The zero-order valence-corrected chi connectivity index (χ0v) is 15.7. The number of rotatable bonds is 8. The minimum atomic E-state index is -0.700. The van der Waals surface area contributed by atoms with Crippen LogP contribution in [0.4, 0.5) is 0 Å². The van der Waals surface area contributed by atoms with Gasteiger partial charge in [0.05, 0.1) is 26.8 Å². The zero-order chi connectivity index (χ0) is 19.6. The number of hydrogen-bond acceptors (Lipinski definition) is 5. The highest BCUT2D eigenvalue weighted by Gasteiger charge is 2.16. The maximum Gasteiger partial charge on any atom is 0.309 e. The molecule has 0 spiro atoms. The summed E-state index contributed by atoms with van der Waals surface area (Å²) in [5, 5.41) is 5.19. The number of amides is 2. The first-order valence-electron chi connectivity index (χ1n) is 8.53. The highest BCUT2D eigenvalue weighted by Crippen LogP contribution is 2.17. The Bertz CT molecular complexity index is 744. The van der Waals surface area contributed by atoms with Crippen LogP contribution in [0.3, 0.4) is 0 Å². The lowest BCUT2D eigenvalue weighted by Crippen LogP contribution is -2.42. The smallest absolute Gasteiger partial charge is 0.309 e. The molecule has 0 saturated heterocycles. The van der Waals surface area contributed by atoms with Gasteiger partial charge in [0, 0.05) is 0 Å². The molecule has 0 fully saturated rings. The van der Waals surface area contributed by atoms with Gasteiger partial charge in [-0.1, -0.05) is 12.1 Å². The molecule has 2 aromatic carbocycles. The van der Waals surface area contributed by atoms with Gasteiger partial charge in [-0.15, -0.1) is 0 Å². The number of hydrogen-bond donors (Lipinski definition) is 2. The number of carbonyl (C=O) groups excluding carboxylic acids is 2. The monoisotopic (exact) mass is 372 g/mol. The predicted octanol–water partition coefficient (Wildman–Crippen LogP) is 2.08. The molecule has 0 aliphatic carbocycles. The summed E-state index contributed by atoms with van der Waals surface area (Å²) in [4.78, 5) is 23.9. The van der Waals surface area contributed by atoms with Crippen LogP contribution >= 0.6 is 0 Å². The van der Waals surface area contributed by atoms with Gasteiger partial charge in [0.1, 0.15) is 23.9 Å².